The molecule has 1 aliphatic rings. The van der Waals surface area contributed by atoms with Crippen molar-refractivity contribution in [2.45, 2.75) is 42.9 Å². The Bertz CT molecular complexity index is 1110. The van der Waals surface area contributed by atoms with Crippen LogP contribution in [0.3, 0.4) is 0 Å². The van der Waals surface area contributed by atoms with Crippen LogP contribution in [0, 0.1) is 6.07 Å². The summed E-state index contributed by atoms with van der Waals surface area (Å²) in [6.45, 7) is 5.16. The average molecular weight is 470 g/mol. The molecule has 2 aromatic rings. The molecule has 1 fully saturated rings. The van der Waals surface area contributed by atoms with Crippen molar-refractivity contribution in [1.29, 1.82) is 0 Å². The van der Waals surface area contributed by atoms with Crippen molar-refractivity contribution in [3.8, 4) is 11.1 Å². The highest BCUT2D eigenvalue weighted by atomic mass is 35.5. The normalized spacial score (nSPS) is 16.1. The predicted molar refractivity (Wildman–Crippen MR) is 118 cm³/mol. The number of sulfonamides is 2. The van der Waals surface area contributed by atoms with Crippen molar-refractivity contribution in [3.05, 3.63) is 47.5 Å². The lowest BCUT2D eigenvalue weighted by Gasteiger charge is -2.26. The predicted octanol–water partition coefficient (Wildman–Crippen LogP) is 4.01. The Hall–Kier alpha value is -1.45. The summed E-state index contributed by atoms with van der Waals surface area (Å²) < 4.78 is 55.4. The van der Waals surface area contributed by atoms with Gasteiger partial charge in [-0.05, 0) is 43.2 Å². The number of hydrogen-bond acceptors (Lipinski definition) is 4. The van der Waals surface area contributed by atoms with E-state index in [9.17, 15) is 16.8 Å². The van der Waals surface area contributed by atoms with Crippen molar-refractivity contribution in [1.82, 2.24) is 8.61 Å². The van der Waals surface area contributed by atoms with Crippen molar-refractivity contribution in [2.75, 3.05) is 26.2 Å². The van der Waals surface area contributed by atoms with Crippen molar-refractivity contribution in [2.24, 2.45) is 0 Å². The lowest BCUT2D eigenvalue weighted by atomic mass is 10.1. The molecule has 0 spiro atoms. The van der Waals surface area contributed by atoms with Crippen LogP contribution >= 0.6 is 11.6 Å². The molecule has 1 heterocycles. The van der Waals surface area contributed by atoms with E-state index in [2.05, 4.69) is 6.07 Å². The number of halogens is 1. The fraction of sp³-hybridized carbons (Fsp3) is 0.429. The maximum atomic E-state index is 13.2. The van der Waals surface area contributed by atoms with Gasteiger partial charge < -0.3 is 0 Å². The third-order valence-electron chi connectivity index (χ3n) is 5.33. The maximum absolute atomic E-state index is 13.2. The molecule has 3 rings (SSSR count). The van der Waals surface area contributed by atoms with E-state index >= 15 is 0 Å². The molecule has 0 atom stereocenters. The van der Waals surface area contributed by atoms with E-state index in [4.69, 9.17) is 11.6 Å². The number of hydrogen-bond donors (Lipinski definition) is 0. The van der Waals surface area contributed by atoms with Gasteiger partial charge in [0.15, 0.2) is 0 Å². The third kappa shape index (κ3) is 4.43. The van der Waals surface area contributed by atoms with E-state index in [0.29, 0.717) is 37.3 Å². The first-order valence-electron chi connectivity index (χ1n) is 10.0. The Morgan fingerprint density at radius 2 is 1.67 bits per heavy atom. The van der Waals surface area contributed by atoms with Gasteiger partial charge >= 0.3 is 0 Å². The topological polar surface area (TPSA) is 74.8 Å². The van der Waals surface area contributed by atoms with Gasteiger partial charge in [0.05, 0.1) is 9.79 Å². The molecule has 163 valence electrons. The largest absolute Gasteiger partial charge is 0.243 e. The summed E-state index contributed by atoms with van der Waals surface area (Å²) in [5, 5.41) is 0.287. The molecule has 0 amide bonds. The maximum Gasteiger partial charge on any atom is 0.243 e. The standard InChI is InChI=1S/C21H26ClN2O4S2/c1-3-23(4-2)30(27,28)21-11-7-6-10-18(21)19-16-17(12-13-20(19)22)29(25,26)24-14-8-5-9-15-24/h6,10-13,16H,3-5,8-9,14-15H2,1-2H3. The lowest BCUT2D eigenvalue weighted by molar-refractivity contribution is 0.346. The van der Waals surface area contributed by atoms with Gasteiger partial charge in [0.25, 0.3) is 0 Å². The highest BCUT2D eigenvalue weighted by Crippen LogP contribution is 2.36. The molecule has 0 aromatic heterocycles. The van der Waals surface area contributed by atoms with Crippen LogP contribution in [0.4, 0.5) is 0 Å². The zero-order chi connectivity index (χ0) is 21.9. The highest BCUT2D eigenvalue weighted by molar-refractivity contribution is 7.89. The van der Waals surface area contributed by atoms with Crippen LogP contribution in [-0.4, -0.2) is 51.6 Å². The number of rotatable bonds is 7. The summed E-state index contributed by atoms with van der Waals surface area (Å²) in [7, 11) is -7.46. The second kappa shape index (κ2) is 9.36. The lowest BCUT2D eigenvalue weighted by Crippen LogP contribution is -2.35. The number of benzene rings is 2. The quantitative estimate of drug-likeness (QED) is 0.614. The fourth-order valence-corrected chi connectivity index (χ4v) is 7.07. The fourth-order valence-electron chi connectivity index (χ4n) is 3.68. The molecule has 1 saturated heterocycles. The van der Waals surface area contributed by atoms with Crippen molar-refractivity contribution >= 4 is 31.6 Å². The zero-order valence-corrected chi connectivity index (χ0v) is 19.5. The second-order valence-corrected chi connectivity index (χ2v) is 11.4. The molecule has 0 N–H and O–H groups in total. The summed E-state index contributed by atoms with van der Waals surface area (Å²) in [6.07, 6.45) is 2.69. The van der Waals surface area contributed by atoms with E-state index in [1.54, 1.807) is 26.0 Å². The number of nitrogens with zero attached hydrogens (tertiary/aromatic N) is 2. The summed E-state index contributed by atoms with van der Waals surface area (Å²) in [4.78, 5) is 0.172. The van der Waals surface area contributed by atoms with Gasteiger partial charge in [0.1, 0.15) is 0 Å². The van der Waals surface area contributed by atoms with Crippen LogP contribution in [0.2, 0.25) is 5.02 Å². The van der Waals surface area contributed by atoms with Crippen LogP contribution in [0.15, 0.2) is 46.2 Å². The first-order valence-corrected chi connectivity index (χ1v) is 13.3. The SMILES string of the molecule is CCN(CC)S(=O)(=O)c1c[c]ccc1-c1cc(S(=O)(=O)N2CCCCC2)ccc1Cl. The van der Waals surface area contributed by atoms with Gasteiger partial charge in [-0.1, -0.05) is 44.0 Å². The highest BCUT2D eigenvalue weighted by Gasteiger charge is 2.29. The smallest absolute Gasteiger partial charge is 0.207 e. The van der Waals surface area contributed by atoms with E-state index in [-0.39, 0.29) is 14.8 Å². The van der Waals surface area contributed by atoms with E-state index in [1.165, 1.54) is 32.9 Å². The van der Waals surface area contributed by atoms with Gasteiger partial charge in [-0.3, -0.25) is 0 Å². The summed E-state index contributed by atoms with van der Waals surface area (Å²) in [5.74, 6) is 0. The van der Waals surface area contributed by atoms with Crippen LogP contribution in [-0.2, 0) is 20.0 Å². The Balaban J connectivity index is 2.13. The number of piperidine rings is 1. The van der Waals surface area contributed by atoms with Gasteiger partial charge in [0.2, 0.25) is 20.0 Å². The Kier molecular flexibility index (Phi) is 7.24. The molecule has 1 aliphatic heterocycles. The summed E-state index contributed by atoms with van der Waals surface area (Å²) in [6, 6.07) is 11.9. The zero-order valence-electron chi connectivity index (χ0n) is 17.1. The monoisotopic (exact) mass is 469 g/mol. The summed E-state index contributed by atoms with van der Waals surface area (Å²) in [5.41, 5.74) is 0.732. The van der Waals surface area contributed by atoms with Crippen LogP contribution in [0.25, 0.3) is 11.1 Å². The molecule has 1 radical (unpaired) electrons. The molecule has 2 aromatic carbocycles. The molecule has 0 saturated carbocycles. The average Bonchev–Trinajstić information content (AvgIpc) is 2.75. The third-order valence-corrected chi connectivity index (χ3v) is 9.64. The van der Waals surface area contributed by atoms with Gasteiger partial charge in [-0.15, -0.1) is 0 Å². The molecular weight excluding hydrogens is 444 g/mol. The molecule has 9 heteroatoms. The van der Waals surface area contributed by atoms with Gasteiger partial charge in [-0.2, -0.15) is 8.61 Å². The van der Waals surface area contributed by atoms with E-state index in [0.717, 1.165) is 19.3 Å². The first kappa shape index (κ1) is 23.2. The van der Waals surface area contributed by atoms with E-state index in [1.807, 2.05) is 0 Å². The van der Waals surface area contributed by atoms with Crippen molar-refractivity contribution in [3.63, 3.8) is 0 Å². The molecule has 0 bridgehead atoms. The van der Waals surface area contributed by atoms with E-state index < -0.39 is 20.0 Å². The van der Waals surface area contributed by atoms with Crippen LogP contribution < -0.4 is 0 Å². The molecule has 0 unspecified atom stereocenters. The Labute approximate surface area is 184 Å². The van der Waals surface area contributed by atoms with Gasteiger partial charge in [-0.25, -0.2) is 16.8 Å². The summed E-state index contributed by atoms with van der Waals surface area (Å²) >= 11 is 6.41. The van der Waals surface area contributed by atoms with Crippen LogP contribution in [0.5, 0.6) is 0 Å². The minimum atomic E-state index is -3.78. The molecule has 0 aliphatic carbocycles. The molecular formula is C21H26ClN2O4S2. The van der Waals surface area contributed by atoms with Crippen LogP contribution in [0.1, 0.15) is 33.1 Å². The van der Waals surface area contributed by atoms with Gasteiger partial charge in [0, 0.05) is 42.3 Å². The minimum absolute atomic E-state index is 0.0584. The Morgan fingerprint density at radius 1 is 1.00 bits per heavy atom. The molecule has 6 nitrogen and oxygen atoms in total. The van der Waals surface area contributed by atoms with Crippen molar-refractivity contribution < 1.29 is 16.8 Å². The minimum Gasteiger partial charge on any atom is -0.207 e. The Morgan fingerprint density at radius 3 is 2.30 bits per heavy atom. The first-order chi connectivity index (χ1) is 14.2. The molecule has 30 heavy (non-hydrogen) atoms. The second-order valence-electron chi connectivity index (χ2n) is 7.12.